The molecule has 0 aliphatic rings. The molecule has 0 fully saturated rings. The monoisotopic (exact) mass is 342 g/mol. The number of ether oxygens (including phenoxy) is 1. The van der Waals surface area contributed by atoms with Gasteiger partial charge in [-0.25, -0.2) is 4.39 Å². The fraction of sp³-hybridized carbons (Fsp3) is 0.200. The lowest BCUT2D eigenvalue weighted by atomic mass is 10.1. The van der Waals surface area contributed by atoms with Crippen molar-refractivity contribution in [1.29, 1.82) is 0 Å². The highest BCUT2D eigenvalue weighted by atomic mass is 79.9. The van der Waals surface area contributed by atoms with Crippen molar-refractivity contribution < 1.29 is 9.13 Å². The molecule has 0 saturated heterocycles. The first-order valence-electron chi connectivity index (χ1n) is 5.81. The number of benzene rings is 2. The fourth-order valence-corrected chi connectivity index (χ4v) is 2.91. The summed E-state index contributed by atoms with van der Waals surface area (Å²) in [6.45, 7) is 4.07. The summed E-state index contributed by atoms with van der Waals surface area (Å²) >= 11 is 9.43. The average Bonchev–Trinajstić information content (AvgIpc) is 2.31. The van der Waals surface area contributed by atoms with E-state index < -0.39 is 0 Å². The summed E-state index contributed by atoms with van der Waals surface area (Å²) in [6, 6.07) is 8.59. The van der Waals surface area contributed by atoms with E-state index in [2.05, 4.69) is 15.9 Å². The molecule has 0 bridgehead atoms. The van der Waals surface area contributed by atoms with Gasteiger partial charge in [-0.05, 0) is 59.1 Å². The summed E-state index contributed by atoms with van der Waals surface area (Å²) in [6.07, 6.45) is 0. The molecule has 19 heavy (non-hydrogen) atoms. The van der Waals surface area contributed by atoms with E-state index in [9.17, 15) is 4.39 Å². The van der Waals surface area contributed by atoms with Gasteiger partial charge < -0.3 is 4.74 Å². The number of halogens is 3. The first-order valence-corrected chi connectivity index (χ1v) is 6.98. The Labute approximate surface area is 125 Å². The largest absolute Gasteiger partial charge is 0.487 e. The maximum atomic E-state index is 13.6. The quantitative estimate of drug-likeness (QED) is 0.721. The molecular weight excluding hydrogens is 331 g/mol. The average molecular weight is 344 g/mol. The molecule has 1 nitrogen and oxygen atoms in total. The van der Waals surface area contributed by atoms with Gasteiger partial charge in [0.05, 0.1) is 9.50 Å². The number of hydrogen-bond donors (Lipinski definition) is 0. The van der Waals surface area contributed by atoms with Crippen molar-refractivity contribution in [3.63, 3.8) is 0 Å². The van der Waals surface area contributed by atoms with Gasteiger partial charge in [0, 0.05) is 5.56 Å². The molecular formula is C15H13BrClFO. The van der Waals surface area contributed by atoms with Crippen molar-refractivity contribution in [2.45, 2.75) is 20.5 Å². The molecule has 0 atom stereocenters. The molecule has 100 valence electrons. The Morgan fingerprint density at radius 2 is 2.00 bits per heavy atom. The van der Waals surface area contributed by atoms with Gasteiger partial charge in [0.15, 0.2) is 0 Å². The van der Waals surface area contributed by atoms with Crippen LogP contribution in [0.15, 0.2) is 34.8 Å². The minimum Gasteiger partial charge on any atom is -0.487 e. The topological polar surface area (TPSA) is 9.23 Å². The van der Waals surface area contributed by atoms with Crippen LogP contribution in [-0.4, -0.2) is 0 Å². The molecule has 0 heterocycles. The van der Waals surface area contributed by atoms with Crippen LogP contribution in [0.3, 0.4) is 0 Å². The van der Waals surface area contributed by atoms with Crippen molar-refractivity contribution >= 4 is 27.5 Å². The van der Waals surface area contributed by atoms with E-state index in [1.807, 2.05) is 26.0 Å². The second-order valence-electron chi connectivity index (χ2n) is 4.38. The predicted octanol–water partition coefficient (Wildman–Crippen LogP) is 5.44. The maximum Gasteiger partial charge on any atom is 0.136 e. The Balaban J connectivity index is 2.24. The van der Waals surface area contributed by atoms with E-state index in [0.717, 1.165) is 15.6 Å². The summed E-state index contributed by atoms with van der Waals surface area (Å²) in [7, 11) is 0. The predicted molar refractivity (Wildman–Crippen MR) is 79.4 cm³/mol. The zero-order valence-electron chi connectivity index (χ0n) is 10.6. The van der Waals surface area contributed by atoms with Crippen molar-refractivity contribution in [2.24, 2.45) is 0 Å². The van der Waals surface area contributed by atoms with E-state index >= 15 is 0 Å². The van der Waals surface area contributed by atoms with Crippen LogP contribution in [0, 0.1) is 19.7 Å². The highest BCUT2D eigenvalue weighted by Gasteiger charge is 2.11. The highest BCUT2D eigenvalue weighted by molar-refractivity contribution is 9.10. The first-order chi connectivity index (χ1) is 8.99. The van der Waals surface area contributed by atoms with Crippen LogP contribution in [0.2, 0.25) is 5.02 Å². The first kappa shape index (κ1) is 14.4. The molecule has 0 saturated carbocycles. The van der Waals surface area contributed by atoms with Crippen LogP contribution >= 0.6 is 27.5 Å². The van der Waals surface area contributed by atoms with Gasteiger partial charge in [-0.2, -0.15) is 0 Å². The molecule has 0 spiro atoms. The fourth-order valence-electron chi connectivity index (χ4n) is 1.90. The van der Waals surface area contributed by atoms with Crippen LogP contribution in [0.25, 0.3) is 0 Å². The second-order valence-corrected chi connectivity index (χ2v) is 5.64. The minimum absolute atomic E-state index is 0.105. The summed E-state index contributed by atoms with van der Waals surface area (Å²) in [5, 5.41) is 0.376. The van der Waals surface area contributed by atoms with E-state index in [1.54, 1.807) is 12.1 Å². The normalized spacial score (nSPS) is 10.6. The van der Waals surface area contributed by atoms with Gasteiger partial charge in [-0.15, -0.1) is 0 Å². The number of aryl methyl sites for hydroxylation is 2. The Morgan fingerprint density at radius 1 is 1.26 bits per heavy atom. The minimum atomic E-state index is -0.353. The summed E-state index contributed by atoms with van der Waals surface area (Å²) in [5.74, 6) is 0.360. The lowest BCUT2D eigenvalue weighted by Crippen LogP contribution is -2.01. The molecule has 0 amide bonds. The van der Waals surface area contributed by atoms with Crippen LogP contribution in [-0.2, 0) is 6.61 Å². The van der Waals surface area contributed by atoms with Gasteiger partial charge in [0.2, 0.25) is 0 Å². The van der Waals surface area contributed by atoms with Crippen molar-refractivity contribution in [3.8, 4) is 5.75 Å². The van der Waals surface area contributed by atoms with Crippen LogP contribution < -0.4 is 4.74 Å². The third-order valence-electron chi connectivity index (χ3n) is 2.80. The molecule has 0 radical (unpaired) electrons. The third-order valence-corrected chi connectivity index (χ3v) is 3.74. The Bertz CT molecular complexity index is 570. The van der Waals surface area contributed by atoms with Gasteiger partial charge in [0.1, 0.15) is 18.2 Å². The lowest BCUT2D eigenvalue weighted by Gasteiger charge is -2.13. The zero-order chi connectivity index (χ0) is 14.0. The van der Waals surface area contributed by atoms with Crippen LogP contribution in [0.1, 0.15) is 16.7 Å². The highest BCUT2D eigenvalue weighted by Crippen LogP contribution is 2.31. The summed E-state index contributed by atoms with van der Waals surface area (Å²) < 4.78 is 20.2. The number of hydrogen-bond acceptors (Lipinski definition) is 1. The molecule has 0 unspecified atom stereocenters. The van der Waals surface area contributed by atoms with E-state index in [1.165, 1.54) is 6.07 Å². The van der Waals surface area contributed by atoms with Gasteiger partial charge in [0.25, 0.3) is 0 Å². The summed E-state index contributed by atoms with van der Waals surface area (Å²) in [5.41, 5.74) is 2.51. The molecule has 2 aromatic carbocycles. The van der Waals surface area contributed by atoms with Crippen LogP contribution in [0.5, 0.6) is 5.75 Å². The van der Waals surface area contributed by atoms with Gasteiger partial charge >= 0.3 is 0 Å². The zero-order valence-corrected chi connectivity index (χ0v) is 13.0. The van der Waals surface area contributed by atoms with Crippen molar-refractivity contribution in [3.05, 3.63) is 62.3 Å². The van der Waals surface area contributed by atoms with E-state index in [-0.39, 0.29) is 12.4 Å². The van der Waals surface area contributed by atoms with Gasteiger partial charge in [-0.3, -0.25) is 0 Å². The van der Waals surface area contributed by atoms with Gasteiger partial charge in [-0.1, -0.05) is 23.7 Å². The Hall–Kier alpha value is -1.06. The summed E-state index contributed by atoms with van der Waals surface area (Å²) in [4.78, 5) is 0. The van der Waals surface area contributed by atoms with E-state index in [0.29, 0.717) is 16.3 Å². The molecule has 0 N–H and O–H groups in total. The molecule has 0 aliphatic heterocycles. The van der Waals surface area contributed by atoms with Crippen LogP contribution in [0.4, 0.5) is 4.39 Å². The Morgan fingerprint density at radius 3 is 2.63 bits per heavy atom. The smallest absolute Gasteiger partial charge is 0.136 e. The molecule has 0 aliphatic carbocycles. The maximum absolute atomic E-state index is 13.6. The molecule has 2 rings (SSSR count). The standard InChI is InChI=1S/C15H13BrClFO/c1-9-6-10(2)15(12(16)7-9)19-8-11-13(17)4-3-5-14(11)18/h3-7H,8H2,1-2H3. The molecule has 2 aromatic rings. The van der Waals surface area contributed by atoms with E-state index in [4.69, 9.17) is 16.3 Å². The molecule has 0 aromatic heterocycles. The SMILES string of the molecule is Cc1cc(C)c(OCc2c(F)cccc2Cl)c(Br)c1. The van der Waals surface area contributed by atoms with Crippen molar-refractivity contribution in [2.75, 3.05) is 0 Å². The molecule has 4 heteroatoms. The second kappa shape index (κ2) is 5.93. The Kier molecular flexibility index (Phi) is 4.48. The lowest BCUT2D eigenvalue weighted by molar-refractivity contribution is 0.296. The number of rotatable bonds is 3. The van der Waals surface area contributed by atoms with Crippen molar-refractivity contribution in [1.82, 2.24) is 0 Å². The third kappa shape index (κ3) is 3.28.